The number of aryl methyl sites for hydroxylation is 2. The molecule has 0 radical (unpaired) electrons. The molecule has 3 rings (SSSR count). The highest BCUT2D eigenvalue weighted by Gasteiger charge is 2.31. The molecule has 0 unspecified atom stereocenters. The summed E-state index contributed by atoms with van der Waals surface area (Å²) in [5.41, 5.74) is 0.965. The Balaban J connectivity index is 1.92. The minimum atomic E-state index is 0.139. The van der Waals surface area contributed by atoms with E-state index in [0.717, 1.165) is 30.9 Å². The Morgan fingerprint density at radius 3 is 2.94 bits per heavy atom. The van der Waals surface area contributed by atoms with Gasteiger partial charge in [-0.3, -0.25) is 0 Å². The summed E-state index contributed by atoms with van der Waals surface area (Å²) >= 11 is 0. The summed E-state index contributed by atoms with van der Waals surface area (Å²) in [6.07, 6.45) is 3.72. The highest BCUT2D eigenvalue weighted by atomic mass is 16.5. The zero-order valence-corrected chi connectivity index (χ0v) is 10.5. The maximum Gasteiger partial charge on any atom is 0.249 e. The fraction of sp³-hybridized carbons (Fsp3) is 0.500. The predicted molar refractivity (Wildman–Crippen MR) is 65.1 cm³/mol. The lowest BCUT2D eigenvalue weighted by molar-refractivity contribution is 0.351. The second-order valence-electron chi connectivity index (χ2n) is 4.55. The molecule has 1 saturated heterocycles. The van der Waals surface area contributed by atoms with E-state index in [1.165, 1.54) is 0 Å². The lowest BCUT2D eigenvalue weighted by atomic mass is 10.2. The Hall–Kier alpha value is -1.98. The molecular weight excluding hydrogens is 230 g/mol. The number of anilines is 1. The van der Waals surface area contributed by atoms with E-state index in [-0.39, 0.29) is 6.04 Å². The normalized spacial score (nSPS) is 19.4. The van der Waals surface area contributed by atoms with Crippen LogP contribution in [0.3, 0.4) is 0 Å². The quantitative estimate of drug-likeness (QED) is 0.803. The van der Waals surface area contributed by atoms with E-state index in [1.807, 2.05) is 19.9 Å². The largest absolute Gasteiger partial charge is 0.344 e. The first-order valence-corrected chi connectivity index (χ1v) is 6.09. The maximum atomic E-state index is 5.28. The summed E-state index contributed by atoms with van der Waals surface area (Å²) < 4.78 is 5.28. The molecule has 0 N–H and O–H groups in total. The lowest BCUT2D eigenvalue weighted by Crippen LogP contribution is -2.24. The SMILES string of the molecule is Cc1cc(N2CCC[C@@H]2c2nc(C)no2)ncn1. The van der Waals surface area contributed by atoms with Crippen LogP contribution in [0.25, 0.3) is 0 Å². The Morgan fingerprint density at radius 1 is 1.33 bits per heavy atom. The lowest BCUT2D eigenvalue weighted by Gasteiger charge is -2.22. The number of nitrogens with zero attached hydrogens (tertiary/aromatic N) is 5. The molecular formula is C12H15N5O. The van der Waals surface area contributed by atoms with Crippen LogP contribution in [0.15, 0.2) is 16.9 Å². The molecule has 6 nitrogen and oxygen atoms in total. The summed E-state index contributed by atoms with van der Waals surface area (Å²) in [6.45, 7) is 4.76. The van der Waals surface area contributed by atoms with Crippen molar-refractivity contribution < 1.29 is 4.52 Å². The first-order valence-electron chi connectivity index (χ1n) is 6.09. The van der Waals surface area contributed by atoms with Gasteiger partial charge in [0.25, 0.3) is 0 Å². The number of aromatic nitrogens is 4. The van der Waals surface area contributed by atoms with Gasteiger partial charge >= 0.3 is 0 Å². The van der Waals surface area contributed by atoms with Crippen LogP contribution in [0, 0.1) is 13.8 Å². The van der Waals surface area contributed by atoms with Crippen molar-refractivity contribution in [3.8, 4) is 0 Å². The van der Waals surface area contributed by atoms with E-state index in [0.29, 0.717) is 11.7 Å². The monoisotopic (exact) mass is 245 g/mol. The smallest absolute Gasteiger partial charge is 0.249 e. The van der Waals surface area contributed by atoms with Crippen LogP contribution in [-0.2, 0) is 0 Å². The predicted octanol–water partition coefficient (Wildman–Crippen LogP) is 1.82. The van der Waals surface area contributed by atoms with E-state index in [2.05, 4.69) is 25.0 Å². The fourth-order valence-electron chi connectivity index (χ4n) is 2.34. The molecule has 94 valence electrons. The van der Waals surface area contributed by atoms with E-state index in [9.17, 15) is 0 Å². The second-order valence-corrected chi connectivity index (χ2v) is 4.55. The van der Waals surface area contributed by atoms with Gasteiger partial charge < -0.3 is 9.42 Å². The summed E-state index contributed by atoms with van der Waals surface area (Å²) in [5, 5.41) is 3.86. The van der Waals surface area contributed by atoms with Crippen LogP contribution in [0.2, 0.25) is 0 Å². The Morgan fingerprint density at radius 2 is 2.22 bits per heavy atom. The van der Waals surface area contributed by atoms with Gasteiger partial charge in [0.05, 0.1) is 0 Å². The maximum absolute atomic E-state index is 5.28. The number of hydrogen-bond donors (Lipinski definition) is 0. The van der Waals surface area contributed by atoms with Gasteiger partial charge in [-0.2, -0.15) is 4.98 Å². The van der Waals surface area contributed by atoms with Gasteiger partial charge in [-0.25, -0.2) is 9.97 Å². The van der Waals surface area contributed by atoms with E-state index < -0.39 is 0 Å². The van der Waals surface area contributed by atoms with Crippen molar-refractivity contribution in [1.82, 2.24) is 20.1 Å². The Labute approximate surface area is 105 Å². The summed E-state index contributed by atoms with van der Waals surface area (Å²) in [6, 6.07) is 2.13. The highest BCUT2D eigenvalue weighted by molar-refractivity contribution is 5.42. The van der Waals surface area contributed by atoms with E-state index >= 15 is 0 Å². The third-order valence-electron chi connectivity index (χ3n) is 3.16. The topological polar surface area (TPSA) is 67.9 Å². The molecule has 1 aliphatic rings. The second kappa shape index (κ2) is 4.36. The average Bonchev–Trinajstić information content (AvgIpc) is 2.96. The molecule has 2 aromatic rings. The first-order chi connectivity index (χ1) is 8.74. The Kier molecular flexibility index (Phi) is 2.70. The van der Waals surface area contributed by atoms with Crippen molar-refractivity contribution >= 4 is 5.82 Å². The summed E-state index contributed by atoms with van der Waals surface area (Å²) in [7, 11) is 0. The molecule has 18 heavy (non-hydrogen) atoms. The van der Waals surface area contributed by atoms with Crippen LogP contribution < -0.4 is 4.90 Å². The highest BCUT2D eigenvalue weighted by Crippen LogP contribution is 2.34. The summed E-state index contributed by atoms with van der Waals surface area (Å²) in [4.78, 5) is 15.0. The fourth-order valence-corrected chi connectivity index (χ4v) is 2.34. The van der Waals surface area contributed by atoms with Crippen LogP contribution in [0.4, 0.5) is 5.82 Å². The van der Waals surface area contributed by atoms with Crippen molar-refractivity contribution in [2.75, 3.05) is 11.4 Å². The molecule has 1 atom stereocenters. The van der Waals surface area contributed by atoms with Crippen molar-refractivity contribution in [3.63, 3.8) is 0 Å². The van der Waals surface area contributed by atoms with Crippen LogP contribution in [-0.4, -0.2) is 26.7 Å². The van der Waals surface area contributed by atoms with Gasteiger partial charge in [-0.15, -0.1) is 0 Å². The van der Waals surface area contributed by atoms with Gasteiger partial charge in [0.15, 0.2) is 5.82 Å². The Bertz CT molecular complexity index is 553. The van der Waals surface area contributed by atoms with Gasteiger partial charge in [0.2, 0.25) is 5.89 Å². The van der Waals surface area contributed by atoms with Crippen LogP contribution in [0.5, 0.6) is 0 Å². The molecule has 0 aromatic carbocycles. The number of rotatable bonds is 2. The number of hydrogen-bond acceptors (Lipinski definition) is 6. The molecule has 1 fully saturated rings. The zero-order valence-electron chi connectivity index (χ0n) is 10.5. The molecule has 2 aromatic heterocycles. The van der Waals surface area contributed by atoms with Crippen molar-refractivity contribution in [1.29, 1.82) is 0 Å². The molecule has 0 spiro atoms. The average molecular weight is 245 g/mol. The van der Waals surface area contributed by atoms with E-state index in [4.69, 9.17) is 4.52 Å². The third kappa shape index (κ3) is 1.94. The zero-order chi connectivity index (χ0) is 12.5. The standard InChI is InChI=1S/C12H15N5O/c1-8-6-11(14-7-13-8)17-5-3-4-10(17)12-15-9(2)16-18-12/h6-7,10H,3-5H2,1-2H3/t10-/m1/s1. The summed E-state index contributed by atoms with van der Waals surface area (Å²) in [5.74, 6) is 2.29. The van der Waals surface area contributed by atoms with E-state index in [1.54, 1.807) is 6.33 Å². The molecule has 3 heterocycles. The van der Waals surface area contributed by atoms with Crippen LogP contribution >= 0.6 is 0 Å². The van der Waals surface area contributed by atoms with Crippen LogP contribution in [0.1, 0.15) is 36.3 Å². The van der Waals surface area contributed by atoms with Gasteiger partial charge in [0, 0.05) is 18.3 Å². The van der Waals surface area contributed by atoms with Gasteiger partial charge in [0.1, 0.15) is 18.2 Å². The van der Waals surface area contributed by atoms with Crippen molar-refractivity contribution in [2.24, 2.45) is 0 Å². The molecule has 0 saturated carbocycles. The van der Waals surface area contributed by atoms with Gasteiger partial charge in [-0.05, 0) is 26.7 Å². The van der Waals surface area contributed by atoms with Crippen molar-refractivity contribution in [3.05, 3.63) is 29.8 Å². The first kappa shape index (κ1) is 11.1. The molecule has 6 heteroatoms. The van der Waals surface area contributed by atoms with Gasteiger partial charge in [-0.1, -0.05) is 5.16 Å². The third-order valence-corrected chi connectivity index (χ3v) is 3.16. The minimum Gasteiger partial charge on any atom is -0.344 e. The molecule has 1 aliphatic heterocycles. The van der Waals surface area contributed by atoms with Crippen molar-refractivity contribution in [2.45, 2.75) is 32.7 Å². The molecule has 0 bridgehead atoms. The molecule has 0 aliphatic carbocycles. The minimum absolute atomic E-state index is 0.139. The molecule has 0 amide bonds.